The van der Waals surface area contributed by atoms with E-state index in [-0.39, 0.29) is 58.6 Å². The van der Waals surface area contributed by atoms with Crippen LogP contribution < -0.4 is 0 Å². The van der Waals surface area contributed by atoms with Crippen LogP contribution in [0.1, 0.15) is 39.5 Å². The first-order valence-electron chi connectivity index (χ1n) is 9.31. The maximum absolute atomic E-state index is 13.3. The van der Waals surface area contributed by atoms with Crippen LogP contribution in [0.2, 0.25) is 0 Å². The average molecular weight is 457 g/mol. The van der Waals surface area contributed by atoms with Crippen molar-refractivity contribution in [2.24, 2.45) is 10.8 Å². The Bertz CT molecular complexity index is 778. The first kappa shape index (κ1) is 24.3. The van der Waals surface area contributed by atoms with Gasteiger partial charge in [0.25, 0.3) is 0 Å². The highest BCUT2D eigenvalue weighted by molar-refractivity contribution is 8.08. The lowest BCUT2D eigenvalue weighted by atomic mass is 9.78. The fourth-order valence-corrected chi connectivity index (χ4v) is 6.50. The van der Waals surface area contributed by atoms with Gasteiger partial charge in [-0.05, 0) is 26.7 Å². The molecule has 0 N–H and O–H groups in total. The third-order valence-electron chi connectivity index (χ3n) is 5.37. The molecule has 10 heteroatoms. The molecule has 2 aliphatic rings. The monoisotopic (exact) mass is 456 g/mol. The molecule has 30 heavy (non-hydrogen) atoms. The summed E-state index contributed by atoms with van der Waals surface area (Å²) < 4.78 is 9.66. The van der Waals surface area contributed by atoms with Gasteiger partial charge in [-0.2, -0.15) is 0 Å². The molecule has 0 saturated carbocycles. The van der Waals surface area contributed by atoms with Crippen molar-refractivity contribution in [1.82, 2.24) is 0 Å². The Morgan fingerprint density at radius 1 is 0.767 bits per heavy atom. The van der Waals surface area contributed by atoms with Crippen LogP contribution in [0, 0.1) is 10.8 Å². The van der Waals surface area contributed by atoms with E-state index in [1.807, 2.05) is 0 Å². The lowest BCUT2D eigenvalue weighted by Crippen LogP contribution is -2.41. The van der Waals surface area contributed by atoms with Gasteiger partial charge in [0.15, 0.2) is 11.6 Å². The Morgan fingerprint density at radius 3 is 1.37 bits per heavy atom. The van der Waals surface area contributed by atoms with E-state index in [1.54, 1.807) is 0 Å². The van der Waals surface area contributed by atoms with E-state index in [4.69, 9.17) is 9.47 Å². The van der Waals surface area contributed by atoms with Crippen molar-refractivity contribution in [3.8, 4) is 0 Å². The summed E-state index contributed by atoms with van der Waals surface area (Å²) in [6, 6.07) is 0. The molecule has 0 radical (unpaired) electrons. The van der Waals surface area contributed by atoms with Crippen molar-refractivity contribution in [3.63, 3.8) is 0 Å². The van der Waals surface area contributed by atoms with Crippen LogP contribution >= 0.6 is 23.5 Å². The Hall–Kier alpha value is -1.94. The molecule has 2 unspecified atom stereocenters. The van der Waals surface area contributed by atoms with Gasteiger partial charge >= 0.3 is 11.9 Å². The number of thioether (sulfide) groups is 2. The van der Waals surface area contributed by atoms with Gasteiger partial charge in [0.2, 0.25) is 0 Å². The molecule has 0 spiro atoms. The molecule has 0 aromatic carbocycles. The second-order valence-electron chi connectivity index (χ2n) is 7.45. The predicted molar refractivity (Wildman–Crippen MR) is 111 cm³/mol. The molecule has 0 aromatic rings. The number of hydrogen-bond acceptors (Lipinski definition) is 10. The summed E-state index contributed by atoms with van der Waals surface area (Å²) in [5, 5.41) is 0. The van der Waals surface area contributed by atoms with Crippen molar-refractivity contribution in [2.75, 3.05) is 25.7 Å². The Morgan fingerprint density at radius 2 is 1.10 bits per heavy atom. The van der Waals surface area contributed by atoms with E-state index in [0.717, 1.165) is 23.5 Å². The minimum absolute atomic E-state index is 0.0110. The molecule has 2 saturated heterocycles. The lowest BCUT2D eigenvalue weighted by molar-refractivity contribution is -0.157. The number of methoxy groups -OCH3 is 2. The highest BCUT2D eigenvalue weighted by Gasteiger charge is 2.58. The SMILES string of the molecule is COC(=O)C1(CCC(C)=O)CS/C(=C2/SCC(CCC(C)=O)(C(=O)OC)C2=O)C1=O. The molecule has 8 nitrogen and oxygen atoms in total. The van der Waals surface area contributed by atoms with E-state index < -0.39 is 34.3 Å². The maximum atomic E-state index is 13.3. The molecular weight excluding hydrogens is 432 g/mol. The Balaban J connectivity index is 2.45. The van der Waals surface area contributed by atoms with Crippen LogP contribution in [-0.4, -0.2) is 60.8 Å². The summed E-state index contributed by atoms with van der Waals surface area (Å²) in [7, 11) is 2.33. The van der Waals surface area contributed by atoms with Gasteiger partial charge < -0.3 is 19.1 Å². The number of esters is 2. The van der Waals surface area contributed by atoms with Crippen LogP contribution in [0.5, 0.6) is 0 Å². The van der Waals surface area contributed by atoms with Crippen LogP contribution in [0.3, 0.4) is 0 Å². The molecule has 164 valence electrons. The van der Waals surface area contributed by atoms with Gasteiger partial charge in [0.1, 0.15) is 22.4 Å². The van der Waals surface area contributed by atoms with Gasteiger partial charge in [-0.25, -0.2) is 0 Å². The third-order valence-corrected chi connectivity index (χ3v) is 8.13. The number of allylic oxidation sites excluding steroid dienone is 2. The molecule has 0 aromatic heterocycles. The molecule has 0 amide bonds. The average Bonchev–Trinajstić information content (AvgIpc) is 3.21. The van der Waals surface area contributed by atoms with Gasteiger partial charge in [-0.15, -0.1) is 23.5 Å². The Labute approximate surface area is 182 Å². The number of carbonyl (C=O) groups excluding carboxylic acids is 6. The molecule has 2 rings (SSSR count). The second kappa shape index (κ2) is 9.47. The van der Waals surface area contributed by atoms with E-state index in [0.29, 0.717) is 0 Å². The summed E-state index contributed by atoms with van der Waals surface area (Å²) in [5.74, 6) is -2.86. The zero-order valence-corrected chi connectivity index (χ0v) is 19.0. The molecule has 2 atom stereocenters. The number of Topliss-reactive ketones (excluding diaryl/α,β-unsaturated/α-hetero) is 4. The highest BCUT2D eigenvalue weighted by atomic mass is 32.2. The van der Waals surface area contributed by atoms with E-state index in [2.05, 4.69) is 0 Å². The standard InChI is InChI=1S/C20H24O8S2/c1-11(21)5-7-19(17(25)27-3)9-29-13(15(19)23)14-16(24)20(10-30-14,18(26)28-4)8-6-12(2)22/h5-10H2,1-4H3/b14-13+. The van der Waals surface area contributed by atoms with Gasteiger partial charge in [0, 0.05) is 24.3 Å². The lowest BCUT2D eigenvalue weighted by Gasteiger charge is -2.23. The number of rotatable bonds is 8. The van der Waals surface area contributed by atoms with Crippen molar-refractivity contribution in [1.29, 1.82) is 0 Å². The van der Waals surface area contributed by atoms with Crippen LogP contribution in [0.25, 0.3) is 0 Å². The molecule has 2 fully saturated rings. The van der Waals surface area contributed by atoms with Crippen molar-refractivity contribution in [3.05, 3.63) is 9.81 Å². The first-order chi connectivity index (χ1) is 14.1. The summed E-state index contributed by atoms with van der Waals surface area (Å²) in [6.45, 7) is 2.74. The quantitative estimate of drug-likeness (QED) is 0.304. The molecule has 2 aliphatic heterocycles. The zero-order valence-electron chi connectivity index (χ0n) is 17.3. The van der Waals surface area contributed by atoms with Gasteiger partial charge in [0.05, 0.1) is 24.0 Å². The van der Waals surface area contributed by atoms with Crippen molar-refractivity contribution >= 4 is 58.6 Å². The fraction of sp³-hybridized carbons (Fsp3) is 0.600. The fourth-order valence-electron chi connectivity index (χ4n) is 3.47. The predicted octanol–water partition coefficient (Wildman–Crippen LogP) is 1.89. The number of hydrogen-bond donors (Lipinski definition) is 0. The third kappa shape index (κ3) is 4.25. The number of ether oxygens (including phenoxy) is 2. The largest absolute Gasteiger partial charge is 0.468 e. The summed E-state index contributed by atoms with van der Waals surface area (Å²) >= 11 is 2.11. The molecular formula is C20H24O8S2. The number of ketones is 4. The van der Waals surface area contributed by atoms with Gasteiger partial charge in [-0.3, -0.25) is 19.2 Å². The zero-order chi connectivity index (χ0) is 22.7. The minimum atomic E-state index is -1.54. The summed E-state index contributed by atoms with van der Waals surface area (Å²) in [5.41, 5.74) is -3.08. The normalized spacial score (nSPS) is 28.5. The Kier molecular flexibility index (Phi) is 7.68. The van der Waals surface area contributed by atoms with Crippen LogP contribution in [0.4, 0.5) is 0 Å². The number of carbonyl (C=O) groups is 6. The van der Waals surface area contributed by atoms with Crippen molar-refractivity contribution < 1.29 is 38.2 Å². The second-order valence-corrected chi connectivity index (χ2v) is 9.42. The van der Waals surface area contributed by atoms with E-state index >= 15 is 0 Å². The molecule has 0 aliphatic carbocycles. The van der Waals surface area contributed by atoms with E-state index in [1.165, 1.54) is 28.1 Å². The maximum Gasteiger partial charge on any atom is 0.320 e. The van der Waals surface area contributed by atoms with Gasteiger partial charge in [-0.1, -0.05) is 0 Å². The van der Waals surface area contributed by atoms with Crippen LogP contribution in [0.15, 0.2) is 9.81 Å². The topological polar surface area (TPSA) is 121 Å². The van der Waals surface area contributed by atoms with Crippen molar-refractivity contribution in [2.45, 2.75) is 39.5 Å². The summed E-state index contributed by atoms with van der Waals surface area (Å²) in [6.07, 6.45) is 0.0253. The first-order valence-corrected chi connectivity index (χ1v) is 11.3. The molecule has 2 heterocycles. The summed E-state index contributed by atoms with van der Waals surface area (Å²) in [4.78, 5) is 74.6. The molecule has 0 bridgehead atoms. The minimum Gasteiger partial charge on any atom is -0.468 e. The van der Waals surface area contributed by atoms with Crippen LogP contribution in [-0.2, 0) is 38.2 Å². The highest BCUT2D eigenvalue weighted by Crippen LogP contribution is 2.53. The van der Waals surface area contributed by atoms with E-state index in [9.17, 15) is 28.8 Å². The smallest absolute Gasteiger partial charge is 0.320 e.